The van der Waals surface area contributed by atoms with Gasteiger partial charge in [0.1, 0.15) is 6.04 Å². The van der Waals surface area contributed by atoms with E-state index in [1.807, 2.05) is 31.2 Å². The standard InChI is InChI=1S/C20H25ClN4O2S/c1-4-6-7-12-28-20-23-19-22-13(3)16(18(26)27-5-2)17(25(19)24-20)14-8-10-15(21)11-9-14/h8-11,17H,4-7,12H2,1-3H3,(H,22,23,24)/t17-/m1/s1. The summed E-state index contributed by atoms with van der Waals surface area (Å²) in [6.45, 7) is 6.16. The molecule has 0 bridgehead atoms. The van der Waals surface area contributed by atoms with E-state index in [-0.39, 0.29) is 5.97 Å². The molecular weight excluding hydrogens is 396 g/mol. The van der Waals surface area contributed by atoms with Crippen molar-refractivity contribution in [3.63, 3.8) is 0 Å². The first kappa shape index (κ1) is 20.7. The van der Waals surface area contributed by atoms with Crippen LogP contribution in [0.15, 0.2) is 40.7 Å². The van der Waals surface area contributed by atoms with E-state index in [1.165, 1.54) is 12.8 Å². The van der Waals surface area contributed by atoms with Crippen LogP contribution in [-0.2, 0) is 9.53 Å². The second kappa shape index (κ2) is 9.47. The van der Waals surface area contributed by atoms with E-state index < -0.39 is 6.04 Å². The van der Waals surface area contributed by atoms with Gasteiger partial charge in [-0.2, -0.15) is 4.98 Å². The Morgan fingerprint density at radius 2 is 2.04 bits per heavy atom. The minimum Gasteiger partial charge on any atom is -0.463 e. The molecule has 0 amide bonds. The number of carbonyl (C=O) groups is 1. The number of halogens is 1. The molecule has 1 aromatic carbocycles. The summed E-state index contributed by atoms with van der Waals surface area (Å²) in [6, 6.07) is 7.03. The number of thioether (sulfide) groups is 1. The summed E-state index contributed by atoms with van der Waals surface area (Å²) in [6.07, 6.45) is 3.50. The molecule has 1 aliphatic heterocycles. The van der Waals surface area contributed by atoms with Gasteiger partial charge in [0.2, 0.25) is 11.1 Å². The third-order valence-corrected chi connectivity index (χ3v) is 5.67. The molecule has 6 nitrogen and oxygen atoms in total. The Bertz CT molecular complexity index is 864. The third-order valence-electron chi connectivity index (χ3n) is 4.49. The number of rotatable bonds is 8. The van der Waals surface area contributed by atoms with E-state index in [1.54, 1.807) is 23.4 Å². The molecule has 1 atom stereocenters. The van der Waals surface area contributed by atoms with Gasteiger partial charge in [-0.1, -0.05) is 55.3 Å². The first-order valence-corrected chi connectivity index (χ1v) is 10.9. The lowest BCUT2D eigenvalue weighted by Crippen LogP contribution is -2.29. The summed E-state index contributed by atoms with van der Waals surface area (Å²) in [5.74, 6) is 1.24. The number of fused-ring (bicyclic) bond motifs is 1. The topological polar surface area (TPSA) is 69.0 Å². The minimum atomic E-state index is -0.412. The molecule has 1 N–H and O–H groups in total. The SMILES string of the molecule is CCCCCSc1nc2n(n1)[C@H](c1ccc(Cl)cc1)C(C(=O)OCC)=C(C)N2. The number of benzene rings is 1. The minimum absolute atomic E-state index is 0.311. The highest BCUT2D eigenvalue weighted by molar-refractivity contribution is 7.99. The fourth-order valence-corrected chi connectivity index (χ4v) is 4.09. The van der Waals surface area contributed by atoms with Crippen LogP contribution in [0.3, 0.4) is 0 Å². The van der Waals surface area contributed by atoms with Gasteiger partial charge < -0.3 is 10.1 Å². The maximum Gasteiger partial charge on any atom is 0.338 e. The largest absolute Gasteiger partial charge is 0.463 e. The third kappa shape index (κ3) is 4.52. The van der Waals surface area contributed by atoms with E-state index >= 15 is 0 Å². The average Bonchev–Trinajstić information content (AvgIpc) is 3.07. The molecule has 2 heterocycles. The Balaban J connectivity index is 1.97. The number of ether oxygens (including phenoxy) is 1. The molecule has 0 saturated heterocycles. The fourth-order valence-electron chi connectivity index (χ4n) is 3.13. The zero-order valence-electron chi connectivity index (χ0n) is 16.4. The lowest BCUT2D eigenvalue weighted by atomic mass is 9.96. The maximum absolute atomic E-state index is 12.7. The van der Waals surface area contributed by atoms with Crippen LogP contribution in [-0.4, -0.2) is 33.1 Å². The van der Waals surface area contributed by atoms with E-state index in [0.29, 0.717) is 28.3 Å². The summed E-state index contributed by atoms with van der Waals surface area (Å²) < 4.78 is 7.08. The molecule has 0 spiro atoms. The number of aromatic nitrogens is 3. The second-order valence-corrected chi connectivity index (χ2v) is 8.05. The number of esters is 1. The summed E-state index contributed by atoms with van der Waals surface area (Å²) in [5, 5.41) is 9.24. The number of hydrogen-bond donors (Lipinski definition) is 1. The summed E-state index contributed by atoms with van der Waals surface area (Å²) in [7, 11) is 0. The lowest BCUT2D eigenvalue weighted by molar-refractivity contribution is -0.139. The number of carbonyl (C=O) groups excluding carboxylic acids is 1. The summed E-state index contributed by atoms with van der Waals surface area (Å²) in [5.41, 5.74) is 2.16. The van der Waals surface area contributed by atoms with Crippen LogP contribution in [0.25, 0.3) is 0 Å². The number of anilines is 1. The van der Waals surface area contributed by atoms with E-state index in [9.17, 15) is 4.79 Å². The van der Waals surface area contributed by atoms with Crippen LogP contribution in [0.5, 0.6) is 0 Å². The highest BCUT2D eigenvalue weighted by Gasteiger charge is 2.35. The van der Waals surface area contributed by atoms with Gasteiger partial charge in [-0.05, 0) is 38.0 Å². The fraction of sp³-hybridized carbons (Fsp3) is 0.450. The van der Waals surface area contributed by atoms with Gasteiger partial charge >= 0.3 is 5.97 Å². The van der Waals surface area contributed by atoms with Crippen LogP contribution in [0.2, 0.25) is 5.02 Å². The highest BCUT2D eigenvalue weighted by atomic mass is 35.5. The molecule has 28 heavy (non-hydrogen) atoms. The molecule has 8 heteroatoms. The van der Waals surface area contributed by atoms with Crippen molar-refractivity contribution in [2.24, 2.45) is 0 Å². The Morgan fingerprint density at radius 1 is 1.29 bits per heavy atom. The Labute approximate surface area is 174 Å². The van der Waals surface area contributed by atoms with Gasteiger partial charge in [0.15, 0.2) is 0 Å². The van der Waals surface area contributed by atoms with Crippen LogP contribution in [0.4, 0.5) is 5.95 Å². The molecule has 0 saturated carbocycles. The van der Waals surface area contributed by atoms with Crippen LogP contribution in [0.1, 0.15) is 51.6 Å². The maximum atomic E-state index is 12.7. The summed E-state index contributed by atoms with van der Waals surface area (Å²) >= 11 is 7.70. The normalized spacial score (nSPS) is 15.9. The molecule has 2 aromatic rings. The van der Waals surface area contributed by atoms with Gasteiger partial charge in [-0.25, -0.2) is 9.48 Å². The van der Waals surface area contributed by atoms with Gasteiger partial charge in [0.25, 0.3) is 0 Å². The summed E-state index contributed by atoms with van der Waals surface area (Å²) in [4.78, 5) is 17.3. The van der Waals surface area contributed by atoms with Crippen LogP contribution < -0.4 is 5.32 Å². The first-order valence-electron chi connectivity index (χ1n) is 9.54. The molecule has 0 aliphatic carbocycles. The molecular formula is C20H25ClN4O2S. The number of nitrogens with one attached hydrogen (secondary N) is 1. The van der Waals surface area contributed by atoms with Gasteiger partial charge in [0.05, 0.1) is 12.2 Å². The molecule has 0 unspecified atom stereocenters. The van der Waals surface area contributed by atoms with Crippen molar-refractivity contribution < 1.29 is 9.53 Å². The van der Waals surface area contributed by atoms with Crippen LogP contribution >= 0.6 is 23.4 Å². The van der Waals surface area contributed by atoms with Crippen molar-refractivity contribution in [2.45, 2.75) is 51.2 Å². The smallest absolute Gasteiger partial charge is 0.338 e. The van der Waals surface area contributed by atoms with Crippen molar-refractivity contribution >= 4 is 35.3 Å². The second-order valence-electron chi connectivity index (χ2n) is 6.56. The zero-order chi connectivity index (χ0) is 20.1. The van der Waals surface area contributed by atoms with Gasteiger partial charge in [-0.15, -0.1) is 5.10 Å². The predicted molar refractivity (Wildman–Crippen MR) is 113 cm³/mol. The monoisotopic (exact) mass is 420 g/mol. The van der Waals surface area contributed by atoms with Crippen molar-refractivity contribution in [1.82, 2.24) is 14.8 Å². The molecule has 0 fully saturated rings. The molecule has 1 aliphatic rings. The lowest BCUT2D eigenvalue weighted by Gasteiger charge is -2.28. The zero-order valence-corrected chi connectivity index (χ0v) is 17.9. The van der Waals surface area contributed by atoms with Gasteiger partial charge in [0, 0.05) is 16.5 Å². The molecule has 150 valence electrons. The van der Waals surface area contributed by atoms with E-state index in [2.05, 4.69) is 22.3 Å². The Kier molecular flexibility index (Phi) is 7.02. The first-order chi connectivity index (χ1) is 13.5. The Morgan fingerprint density at radius 3 is 2.71 bits per heavy atom. The average molecular weight is 421 g/mol. The molecule has 3 rings (SSSR count). The highest BCUT2D eigenvalue weighted by Crippen LogP contribution is 2.37. The Hall–Kier alpha value is -1.99. The van der Waals surface area contributed by atoms with Crippen molar-refractivity contribution in [3.05, 3.63) is 46.1 Å². The molecule has 1 aromatic heterocycles. The quantitative estimate of drug-likeness (QED) is 0.365. The van der Waals surface area contributed by atoms with Crippen LogP contribution in [0, 0.1) is 0 Å². The van der Waals surface area contributed by atoms with Gasteiger partial charge in [-0.3, -0.25) is 0 Å². The van der Waals surface area contributed by atoms with E-state index in [0.717, 1.165) is 23.4 Å². The number of hydrogen-bond acceptors (Lipinski definition) is 6. The predicted octanol–water partition coefficient (Wildman–Crippen LogP) is 5.07. The van der Waals surface area contributed by atoms with E-state index in [4.69, 9.17) is 16.3 Å². The van der Waals surface area contributed by atoms with Crippen molar-refractivity contribution in [1.29, 1.82) is 0 Å². The number of unbranched alkanes of at least 4 members (excludes halogenated alkanes) is 2. The number of allylic oxidation sites excluding steroid dienone is 1. The molecule has 0 radical (unpaired) electrons. The number of nitrogens with zero attached hydrogens (tertiary/aromatic N) is 3. The van der Waals surface area contributed by atoms with Crippen molar-refractivity contribution in [2.75, 3.05) is 17.7 Å². The van der Waals surface area contributed by atoms with Crippen molar-refractivity contribution in [3.8, 4) is 0 Å².